The van der Waals surface area contributed by atoms with Crippen molar-refractivity contribution in [2.24, 2.45) is 0 Å². The number of aryl methyl sites for hydroxylation is 2. The lowest BCUT2D eigenvalue weighted by Crippen LogP contribution is -2.07. The van der Waals surface area contributed by atoms with Crippen molar-refractivity contribution in [1.29, 1.82) is 0 Å². The van der Waals surface area contributed by atoms with Gasteiger partial charge in [0.05, 0.1) is 16.0 Å². The quantitative estimate of drug-likeness (QED) is 0.591. The molecule has 0 atom stereocenters. The fourth-order valence-corrected chi connectivity index (χ4v) is 4.60. The average molecular weight is 384 g/mol. The van der Waals surface area contributed by atoms with E-state index in [1.165, 1.54) is 28.9 Å². The standard InChI is InChI=1S/C17H13ClF3N3S/c18-12-6-5-9(7-11(12)17(19,20)21)24-15-14-10-3-1-2-4-13(10)25-16(14)23-8-22-15/h5-8H,1-4H2,(H,22,23,24). The lowest BCUT2D eigenvalue weighted by molar-refractivity contribution is -0.137. The second kappa shape index (κ2) is 6.14. The minimum Gasteiger partial charge on any atom is -0.340 e. The predicted octanol–water partition coefficient (Wildman–Crippen LogP) is 5.99. The Bertz CT molecular complexity index is 952. The molecule has 25 heavy (non-hydrogen) atoms. The summed E-state index contributed by atoms with van der Waals surface area (Å²) in [7, 11) is 0. The van der Waals surface area contributed by atoms with E-state index in [0.717, 1.165) is 42.0 Å². The monoisotopic (exact) mass is 383 g/mol. The fraction of sp³-hybridized carbons (Fsp3) is 0.294. The minimum absolute atomic E-state index is 0.299. The van der Waals surface area contributed by atoms with Gasteiger partial charge in [-0.1, -0.05) is 11.6 Å². The molecule has 3 aromatic rings. The molecule has 0 unspecified atom stereocenters. The molecule has 2 heterocycles. The Morgan fingerprint density at radius 2 is 1.92 bits per heavy atom. The third-order valence-corrected chi connectivity index (χ3v) is 5.82. The van der Waals surface area contributed by atoms with Crippen molar-refractivity contribution in [3.8, 4) is 0 Å². The summed E-state index contributed by atoms with van der Waals surface area (Å²) in [6.45, 7) is 0. The van der Waals surface area contributed by atoms with Crippen LogP contribution >= 0.6 is 22.9 Å². The van der Waals surface area contributed by atoms with Crippen LogP contribution in [-0.4, -0.2) is 9.97 Å². The highest BCUT2D eigenvalue weighted by molar-refractivity contribution is 7.19. The van der Waals surface area contributed by atoms with Crippen LogP contribution in [0.5, 0.6) is 0 Å². The van der Waals surface area contributed by atoms with Crippen molar-refractivity contribution < 1.29 is 13.2 Å². The lowest BCUT2D eigenvalue weighted by Gasteiger charge is -2.14. The van der Waals surface area contributed by atoms with Gasteiger partial charge in [-0.2, -0.15) is 13.2 Å². The molecular weight excluding hydrogens is 371 g/mol. The first kappa shape index (κ1) is 16.6. The number of nitrogens with zero attached hydrogens (tertiary/aromatic N) is 2. The molecule has 130 valence electrons. The van der Waals surface area contributed by atoms with Crippen molar-refractivity contribution in [2.75, 3.05) is 5.32 Å². The first-order chi connectivity index (χ1) is 11.9. The zero-order valence-corrected chi connectivity index (χ0v) is 14.5. The number of alkyl halides is 3. The van der Waals surface area contributed by atoms with Crippen LogP contribution in [0, 0.1) is 0 Å². The highest BCUT2D eigenvalue weighted by atomic mass is 35.5. The van der Waals surface area contributed by atoms with E-state index in [1.54, 1.807) is 11.3 Å². The van der Waals surface area contributed by atoms with E-state index in [9.17, 15) is 13.2 Å². The number of hydrogen-bond acceptors (Lipinski definition) is 4. The molecule has 1 N–H and O–H groups in total. The largest absolute Gasteiger partial charge is 0.417 e. The molecule has 0 saturated carbocycles. The maximum absolute atomic E-state index is 13.1. The van der Waals surface area contributed by atoms with Gasteiger partial charge in [-0.15, -0.1) is 11.3 Å². The molecule has 0 spiro atoms. The molecule has 0 amide bonds. The Kier molecular flexibility index (Phi) is 4.08. The highest BCUT2D eigenvalue weighted by Gasteiger charge is 2.33. The number of aromatic nitrogens is 2. The summed E-state index contributed by atoms with van der Waals surface area (Å²) in [5, 5.41) is 3.62. The molecule has 1 aromatic carbocycles. The third kappa shape index (κ3) is 3.06. The van der Waals surface area contributed by atoms with E-state index in [-0.39, 0.29) is 5.02 Å². The highest BCUT2D eigenvalue weighted by Crippen LogP contribution is 2.40. The molecular formula is C17H13ClF3N3S. The predicted molar refractivity (Wildman–Crippen MR) is 93.8 cm³/mol. The van der Waals surface area contributed by atoms with Gasteiger partial charge < -0.3 is 5.32 Å². The van der Waals surface area contributed by atoms with Crippen LogP contribution in [0.15, 0.2) is 24.5 Å². The Morgan fingerprint density at radius 3 is 2.72 bits per heavy atom. The van der Waals surface area contributed by atoms with Gasteiger partial charge in [0.25, 0.3) is 0 Å². The van der Waals surface area contributed by atoms with Crippen molar-refractivity contribution >= 4 is 44.7 Å². The van der Waals surface area contributed by atoms with Crippen molar-refractivity contribution in [3.63, 3.8) is 0 Å². The molecule has 0 saturated heterocycles. The molecule has 0 fully saturated rings. The van der Waals surface area contributed by atoms with Crippen LogP contribution in [0.3, 0.4) is 0 Å². The normalized spacial score (nSPS) is 14.6. The number of thiophene rings is 1. The van der Waals surface area contributed by atoms with E-state index in [0.29, 0.717) is 11.5 Å². The van der Waals surface area contributed by atoms with Crippen molar-refractivity contribution in [2.45, 2.75) is 31.9 Å². The third-order valence-electron chi connectivity index (χ3n) is 4.29. The summed E-state index contributed by atoms with van der Waals surface area (Å²) < 4.78 is 39.2. The van der Waals surface area contributed by atoms with Gasteiger partial charge in [-0.3, -0.25) is 0 Å². The molecule has 1 aliphatic rings. The lowest BCUT2D eigenvalue weighted by atomic mass is 9.97. The number of anilines is 2. The summed E-state index contributed by atoms with van der Waals surface area (Å²) in [6.07, 6.45) is 1.17. The van der Waals surface area contributed by atoms with Gasteiger partial charge in [-0.25, -0.2) is 9.97 Å². The average Bonchev–Trinajstić information content (AvgIpc) is 2.95. The van der Waals surface area contributed by atoms with E-state index in [2.05, 4.69) is 15.3 Å². The zero-order chi connectivity index (χ0) is 17.6. The van der Waals surface area contributed by atoms with Crippen LogP contribution in [0.1, 0.15) is 28.8 Å². The molecule has 3 nitrogen and oxygen atoms in total. The number of halogens is 4. The summed E-state index contributed by atoms with van der Waals surface area (Å²) in [6, 6.07) is 3.77. The van der Waals surface area contributed by atoms with Crippen LogP contribution < -0.4 is 5.32 Å². The Balaban J connectivity index is 1.78. The number of fused-ring (bicyclic) bond motifs is 3. The van der Waals surface area contributed by atoms with Gasteiger partial charge in [0.2, 0.25) is 0 Å². The Labute approximate surface area is 150 Å². The first-order valence-electron chi connectivity index (χ1n) is 7.82. The summed E-state index contributed by atoms with van der Waals surface area (Å²) >= 11 is 7.33. The number of nitrogens with one attached hydrogen (secondary N) is 1. The van der Waals surface area contributed by atoms with Gasteiger partial charge in [0.15, 0.2) is 0 Å². The minimum atomic E-state index is -4.50. The number of rotatable bonds is 2. The fourth-order valence-electron chi connectivity index (χ4n) is 3.14. The SMILES string of the molecule is FC(F)(F)c1cc(Nc2ncnc3sc4c(c23)CCCC4)ccc1Cl. The first-order valence-corrected chi connectivity index (χ1v) is 9.02. The van der Waals surface area contributed by atoms with Crippen LogP contribution in [-0.2, 0) is 19.0 Å². The summed E-state index contributed by atoms with van der Waals surface area (Å²) in [4.78, 5) is 10.8. The second-order valence-corrected chi connectivity index (χ2v) is 7.42. The summed E-state index contributed by atoms with van der Waals surface area (Å²) in [5.74, 6) is 0.542. The molecule has 1 aliphatic carbocycles. The van der Waals surface area contributed by atoms with Crippen molar-refractivity contribution in [3.05, 3.63) is 45.6 Å². The van der Waals surface area contributed by atoms with E-state index >= 15 is 0 Å². The molecule has 2 aromatic heterocycles. The van der Waals surface area contributed by atoms with E-state index < -0.39 is 11.7 Å². The van der Waals surface area contributed by atoms with E-state index in [1.807, 2.05) is 0 Å². The number of benzene rings is 1. The van der Waals surface area contributed by atoms with Gasteiger partial charge in [0, 0.05) is 10.6 Å². The van der Waals surface area contributed by atoms with Crippen LogP contribution in [0.25, 0.3) is 10.2 Å². The van der Waals surface area contributed by atoms with Crippen LogP contribution in [0.2, 0.25) is 5.02 Å². The molecule has 8 heteroatoms. The Morgan fingerprint density at radius 1 is 1.12 bits per heavy atom. The Hall–Kier alpha value is -1.86. The summed E-state index contributed by atoms with van der Waals surface area (Å²) in [5.41, 5.74) is 0.656. The topological polar surface area (TPSA) is 37.8 Å². The van der Waals surface area contributed by atoms with Gasteiger partial charge >= 0.3 is 6.18 Å². The number of hydrogen-bond donors (Lipinski definition) is 1. The molecule has 4 rings (SSSR count). The molecule has 0 bridgehead atoms. The van der Waals surface area contributed by atoms with Crippen LogP contribution in [0.4, 0.5) is 24.7 Å². The smallest absolute Gasteiger partial charge is 0.340 e. The van der Waals surface area contributed by atoms with E-state index in [4.69, 9.17) is 11.6 Å². The van der Waals surface area contributed by atoms with Gasteiger partial charge in [0.1, 0.15) is 17.0 Å². The van der Waals surface area contributed by atoms with Gasteiger partial charge in [-0.05, 0) is 49.4 Å². The van der Waals surface area contributed by atoms with Crippen molar-refractivity contribution in [1.82, 2.24) is 9.97 Å². The zero-order valence-electron chi connectivity index (χ0n) is 13.0. The molecule has 0 radical (unpaired) electrons. The molecule has 0 aliphatic heterocycles. The second-order valence-electron chi connectivity index (χ2n) is 5.93. The maximum Gasteiger partial charge on any atom is 0.417 e. The maximum atomic E-state index is 13.1.